The molecule has 0 spiro atoms. The zero-order valence-electron chi connectivity index (χ0n) is 9.24. The number of nitrogens with zero attached hydrogens (tertiary/aromatic N) is 1. The van der Waals surface area contributed by atoms with Gasteiger partial charge in [-0.15, -0.1) is 23.1 Å². The van der Waals surface area contributed by atoms with Crippen molar-refractivity contribution in [1.82, 2.24) is 0 Å². The number of thioether (sulfide) groups is 1. The molecular formula is C12H9NO3S2. The van der Waals surface area contributed by atoms with Crippen molar-refractivity contribution in [3.05, 3.63) is 56.3 Å². The molecular weight excluding hydrogens is 270 g/mol. The predicted molar refractivity (Wildman–Crippen MR) is 72.4 cm³/mol. The second-order valence-electron chi connectivity index (χ2n) is 3.47. The van der Waals surface area contributed by atoms with E-state index < -0.39 is 4.92 Å². The topological polar surface area (TPSA) is 60.2 Å². The third kappa shape index (κ3) is 2.96. The summed E-state index contributed by atoms with van der Waals surface area (Å²) in [4.78, 5) is 22.8. The molecule has 0 N–H and O–H groups in total. The number of nitro benzene ring substituents is 1. The summed E-state index contributed by atoms with van der Waals surface area (Å²) in [6, 6.07) is 8.47. The standard InChI is InChI=1S/C12H9NO3S2/c14-7-9-3-4-12(11(6-9)13(15)16)18-8-10-2-1-5-17-10/h1-7H,8H2. The Balaban J connectivity index is 2.21. The van der Waals surface area contributed by atoms with Crippen molar-refractivity contribution in [3.8, 4) is 0 Å². The van der Waals surface area contributed by atoms with Gasteiger partial charge >= 0.3 is 0 Å². The van der Waals surface area contributed by atoms with Crippen molar-refractivity contribution in [3.63, 3.8) is 0 Å². The Hall–Kier alpha value is -1.66. The predicted octanol–water partition coefficient (Wildman–Crippen LogP) is 3.76. The van der Waals surface area contributed by atoms with E-state index in [0.29, 0.717) is 22.5 Å². The summed E-state index contributed by atoms with van der Waals surface area (Å²) in [5, 5.41) is 12.9. The number of hydrogen-bond acceptors (Lipinski definition) is 5. The van der Waals surface area contributed by atoms with Gasteiger partial charge in [0.15, 0.2) is 0 Å². The summed E-state index contributed by atoms with van der Waals surface area (Å²) in [6.07, 6.45) is 0.612. The van der Waals surface area contributed by atoms with Gasteiger partial charge in [0, 0.05) is 22.3 Å². The maximum Gasteiger partial charge on any atom is 0.283 e. The molecule has 0 radical (unpaired) electrons. The van der Waals surface area contributed by atoms with E-state index in [1.165, 1.54) is 17.8 Å². The minimum absolute atomic E-state index is 0.0128. The lowest BCUT2D eigenvalue weighted by atomic mass is 10.2. The summed E-state index contributed by atoms with van der Waals surface area (Å²) >= 11 is 3.02. The van der Waals surface area contributed by atoms with Crippen LogP contribution in [-0.4, -0.2) is 11.2 Å². The molecule has 1 heterocycles. The monoisotopic (exact) mass is 279 g/mol. The largest absolute Gasteiger partial charge is 0.298 e. The van der Waals surface area contributed by atoms with Gasteiger partial charge in [0.25, 0.3) is 5.69 Å². The molecule has 0 aliphatic rings. The van der Waals surface area contributed by atoms with Gasteiger partial charge in [0.2, 0.25) is 0 Å². The van der Waals surface area contributed by atoms with Crippen LogP contribution >= 0.6 is 23.1 Å². The highest BCUT2D eigenvalue weighted by molar-refractivity contribution is 7.98. The molecule has 6 heteroatoms. The molecule has 0 saturated carbocycles. The quantitative estimate of drug-likeness (QED) is 0.362. The van der Waals surface area contributed by atoms with Crippen molar-refractivity contribution >= 4 is 35.1 Å². The van der Waals surface area contributed by atoms with E-state index in [4.69, 9.17) is 0 Å². The van der Waals surface area contributed by atoms with Crippen molar-refractivity contribution in [2.75, 3.05) is 0 Å². The number of rotatable bonds is 5. The highest BCUT2D eigenvalue weighted by Crippen LogP contribution is 2.32. The number of hydrogen-bond donors (Lipinski definition) is 0. The Labute approximate surface area is 112 Å². The lowest BCUT2D eigenvalue weighted by Gasteiger charge is -2.02. The second-order valence-corrected chi connectivity index (χ2v) is 5.52. The minimum Gasteiger partial charge on any atom is -0.298 e. The van der Waals surface area contributed by atoms with Crippen LogP contribution in [0.15, 0.2) is 40.6 Å². The van der Waals surface area contributed by atoms with Crippen LogP contribution in [0.3, 0.4) is 0 Å². The number of nitro groups is 1. The normalized spacial score (nSPS) is 10.2. The third-order valence-corrected chi connectivity index (χ3v) is 4.44. The summed E-state index contributed by atoms with van der Waals surface area (Å²) in [6.45, 7) is 0. The van der Waals surface area contributed by atoms with Crippen LogP contribution in [0.1, 0.15) is 15.2 Å². The first kappa shape index (κ1) is 12.8. The Bertz CT molecular complexity index is 567. The van der Waals surface area contributed by atoms with E-state index in [1.54, 1.807) is 23.5 Å². The van der Waals surface area contributed by atoms with Crippen LogP contribution in [0.2, 0.25) is 0 Å². The maximum absolute atomic E-state index is 10.9. The molecule has 0 aliphatic carbocycles. The zero-order chi connectivity index (χ0) is 13.0. The summed E-state index contributed by atoms with van der Waals surface area (Å²) in [5.41, 5.74) is 0.309. The molecule has 0 saturated heterocycles. The molecule has 0 atom stereocenters. The minimum atomic E-state index is -0.455. The van der Waals surface area contributed by atoms with E-state index in [1.807, 2.05) is 17.5 Å². The molecule has 1 aromatic heterocycles. The molecule has 4 nitrogen and oxygen atoms in total. The van der Waals surface area contributed by atoms with Gasteiger partial charge < -0.3 is 0 Å². The number of carbonyl (C=O) groups is 1. The highest BCUT2D eigenvalue weighted by atomic mass is 32.2. The molecule has 1 aromatic carbocycles. The van der Waals surface area contributed by atoms with Gasteiger partial charge in [0.1, 0.15) is 6.29 Å². The smallest absolute Gasteiger partial charge is 0.283 e. The summed E-state index contributed by atoms with van der Waals surface area (Å²) < 4.78 is 0. The van der Waals surface area contributed by atoms with Crippen LogP contribution in [0.4, 0.5) is 5.69 Å². The van der Waals surface area contributed by atoms with Gasteiger partial charge in [-0.3, -0.25) is 14.9 Å². The van der Waals surface area contributed by atoms with Crippen molar-refractivity contribution in [2.45, 2.75) is 10.6 Å². The van der Waals surface area contributed by atoms with Gasteiger partial charge in [-0.1, -0.05) is 12.1 Å². The van der Waals surface area contributed by atoms with Crippen LogP contribution in [0.5, 0.6) is 0 Å². The number of thiophene rings is 1. The summed E-state index contributed by atoms with van der Waals surface area (Å²) in [7, 11) is 0. The van der Waals surface area contributed by atoms with Crippen molar-refractivity contribution < 1.29 is 9.72 Å². The van der Waals surface area contributed by atoms with Gasteiger partial charge in [-0.25, -0.2) is 0 Å². The van der Waals surface area contributed by atoms with Gasteiger partial charge in [-0.2, -0.15) is 0 Å². The average Bonchev–Trinajstić information content (AvgIpc) is 2.89. The van der Waals surface area contributed by atoms with Crippen LogP contribution < -0.4 is 0 Å². The van der Waals surface area contributed by atoms with E-state index in [2.05, 4.69) is 0 Å². The van der Waals surface area contributed by atoms with E-state index in [9.17, 15) is 14.9 Å². The maximum atomic E-state index is 10.9. The first-order chi connectivity index (χ1) is 8.70. The van der Waals surface area contributed by atoms with Gasteiger partial charge in [0.05, 0.1) is 9.82 Å². The Morgan fingerprint density at radius 1 is 1.39 bits per heavy atom. The first-order valence-corrected chi connectivity index (χ1v) is 6.96. The molecule has 0 fully saturated rings. The number of benzene rings is 1. The third-order valence-electron chi connectivity index (χ3n) is 2.27. The zero-order valence-corrected chi connectivity index (χ0v) is 10.9. The average molecular weight is 279 g/mol. The van der Waals surface area contributed by atoms with Crippen molar-refractivity contribution in [1.29, 1.82) is 0 Å². The fraction of sp³-hybridized carbons (Fsp3) is 0.0833. The molecule has 0 aliphatic heterocycles. The molecule has 2 aromatic rings. The van der Waals surface area contributed by atoms with Crippen LogP contribution in [-0.2, 0) is 5.75 Å². The number of carbonyl (C=O) groups excluding carboxylic acids is 1. The van der Waals surface area contributed by atoms with E-state index in [0.717, 1.165) is 4.88 Å². The van der Waals surface area contributed by atoms with Crippen LogP contribution in [0, 0.1) is 10.1 Å². The van der Waals surface area contributed by atoms with E-state index in [-0.39, 0.29) is 5.69 Å². The van der Waals surface area contributed by atoms with Gasteiger partial charge in [-0.05, 0) is 17.5 Å². The molecule has 0 unspecified atom stereocenters. The SMILES string of the molecule is O=Cc1ccc(SCc2cccs2)c([N+](=O)[O-])c1. The Morgan fingerprint density at radius 2 is 2.22 bits per heavy atom. The number of aldehydes is 1. The fourth-order valence-electron chi connectivity index (χ4n) is 1.42. The van der Waals surface area contributed by atoms with Crippen molar-refractivity contribution in [2.24, 2.45) is 0 Å². The first-order valence-electron chi connectivity index (χ1n) is 5.09. The molecule has 18 heavy (non-hydrogen) atoms. The fourth-order valence-corrected chi connectivity index (χ4v) is 3.19. The summed E-state index contributed by atoms with van der Waals surface area (Å²) in [5.74, 6) is 0.693. The lowest BCUT2D eigenvalue weighted by molar-refractivity contribution is -0.387. The molecule has 92 valence electrons. The second kappa shape index (κ2) is 5.79. The molecule has 0 bridgehead atoms. The highest BCUT2D eigenvalue weighted by Gasteiger charge is 2.15. The van der Waals surface area contributed by atoms with Crippen LogP contribution in [0.25, 0.3) is 0 Å². The molecule has 2 rings (SSSR count). The molecule has 0 amide bonds. The lowest BCUT2D eigenvalue weighted by Crippen LogP contribution is -1.93. The Morgan fingerprint density at radius 3 is 2.83 bits per heavy atom. The van der Waals surface area contributed by atoms with E-state index >= 15 is 0 Å². The Kier molecular flexibility index (Phi) is 4.11.